The number of aryl methyl sites for hydroxylation is 1. The van der Waals surface area contributed by atoms with Crippen molar-refractivity contribution in [2.24, 2.45) is 0 Å². The SMILES string of the molecule is Cc1cc(C(F)(F)F)n2nc([C@H]3CCCN(C(=O)Cc4ccc5c(c4)OCO5)C3)cc2n1. The number of carbonyl (C=O) groups excluding carboxylic acids is 1. The molecular weight excluding hydrogens is 425 g/mol. The summed E-state index contributed by atoms with van der Waals surface area (Å²) in [6.45, 7) is 2.72. The molecule has 0 bridgehead atoms. The van der Waals surface area contributed by atoms with E-state index in [1.807, 2.05) is 6.07 Å². The Balaban J connectivity index is 1.34. The van der Waals surface area contributed by atoms with Gasteiger partial charge in [-0.2, -0.15) is 18.3 Å². The van der Waals surface area contributed by atoms with Gasteiger partial charge in [0.1, 0.15) is 5.69 Å². The van der Waals surface area contributed by atoms with Crippen LogP contribution >= 0.6 is 0 Å². The summed E-state index contributed by atoms with van der Waals surface area (Å²) in [6, 6.07) is 8.01. The van der Waals surface area contributed by atoms with Crippen LogP contribution in [-0.4, -0.2) is 45.3 Å². The zero-order valence-corrected chi connectivity index (χ0v) is 17.4. The predicted molar refractivity (Wildman–Crippen MR) is 108 cm³/mol. The molecule has 7 nitrogen and oxygen atoms in total. The lowest BCUT2D eigenvalue weighted by atomic mass is 9.94. The summed E-state index contributed by atoms with van der Waals surface area (Å²) in [7, 11) is 0. The van der Waals surface area contributed by atoms with Crippen molar-refractivity contribution >= 4 is 11.6 Å². The Bertz CT molecular complexity index is 1190. The maximum atomic E-state index is 13.4. The summed E-state index contributed by atoms with van der Waals surface area (Å²) in [5.41, 5.74) is 0.937. The Labute approximate surface area is 181 Å². The van der Waals surface area contributed by atoms with Crippen LogP contribution in [-0.2, 0) is 17.4 Å². The number of benzene rings is 1. The molecule has 1 aromatic carbocycles. The number of amides is 1. The van der Waals surface area contributed by atoms with Crippen molar-refractivity contribution in [2.75, 3.05) is 19.9 Å². The molecule has 32 heavy (non-hydrogen) atoms. The Kier molecular flexibility index (Phi) is 4.94. The van der Waals surface area contributed by atoms with Gasteiger partial charge in [-0.3, -0.25) is 4.79 Å². The van der Waals surface area contributed by atoms with E-state index in [1.165, 1.54) is 6.92 Å². The first kappa shape index (κ1) is 20.6. The summed E-state index contributed by atoms with van der Waals surface area (Å²) in [6.07, 6.45) is -2.82. The first-order valence-corrected chi connectivity index (χ1v) is 10.4. The van der Waals surface area contributed by atoms with Crippen LogP contribution in [0.5, 0.6) is 11.5 Å². The fraction of sp³-hybridized carbons (Fsp3) is 0.409. The first-order chi connectivity index (χ1) is 15.3. The van der Waals surface area contributed by atoms with Gasteiger partial charge in [0.05, 0.1) is 12.1 Å². The molecule has 1 saturated heterocycles. The number of fused-ring (bicyclic) bond motifs is 2. The van der Waals surface area contributed by atoms with E-state index in [-0.39, 0.29) is 36.4 Å². The lowest BCUT2D eigenvalue weighted by molar-refractivity contribution is -0.142. The van der Waals surface area contributed by atoms with E-state index in [2.05, 4.69) is 10.1 Å². The quantitative estimate of drug-likeness (QED) is 0.613. The molecule has 0 saturated carbocycles. The van der Waals surface area contributed by atoms with E-state index in [4.69, 9.17) is 9.47 Å². The average Bonchev–Trinajstić information content (AvgIpc) is 3.39. The Hall–Kier alpha value is -3.30. The number of ether oxygens (including phenoxy) is 2. The van der Waals surface area contributed by atoms with Crippen LogP contribution in [0.4, 0.5) is 13.2 Å². The molecular formula is C22H21F3N4O3. The molecule has 3 aromatic rings. The Morgan fingerprint density at radius 1 is 1.19 bits per heavy atom. The van der Waals surface area contributed by atoms with Gasteiger partial charge < -0.3 is 14.4 Å². The molecule has 5 rings (SSSR count). The third-order valence-electron chi connectivity index (χ3n) is 5.85. The number of halogens is 3. The Morgan fingerprint density at radius 2 is 2.00 bits per heavy atom. The van der Waals surface area contributed by atoms with Gasteiger partial charge in [-0.25, -0.2) is 9.50 Å². The fourth-order valence-corrected chi connectivity index (χ4v) is 4.30. The summed E-state index contributed by atoms with van der Waals surface area (Å²) in [4.78, 5) is 18.9. The van der Waals surface area contributed by atoms with E-state index >= 15 is 0 Å². The second-order valence-electron chi connectivity index (χ2n) is 8.16. The highest BCUT2D eigenvalue weighted by atomic mass is 19.4. The molecule has 1 fully saturated rings. The largest absolute Gasteiger partial charge is 0.454 e. The van der Waals surface area contributed by atoms with Crippen LogP contribution in [0.2, 0.25) is 0 Å². The lowest BCUT2D eigenvalue weighted by Crippen LogP contribution is -2.40. The summed E-state index contributed by atoms with van der Waals surface area (Å²) in [5.74, 6) is 1.10. The topological polar surface area (TPSA) is 69.0 Å². The van der Waals surface area contributed by atoms with Crippen LogP contribution in [0.25, 0.3) is 5.65 Å². The minimum absolute atomic E-state index is 0.0396. The molecule has 2 aliphatic heterocycles. The van der Waals surface area contributed by atoms with Gasteiger partial charge in [-0.1, -0.05) is 6.07 Å². The van der Waals surface area contributed by atoms with Gasteiger partial charge in [0.2, 0.25) is 12.7 Å². The molecule has 168 valence electrons. The van der Waals surface area contributed by atoms with Crippen molar-refractivity contribution in [3.63, 3.8) is 0 Å². The molecule has 0 N–H and O–H groups in total. The highest BCUT2D eigenvalue weighted by Gasteiger charge is 2.35. The number of hydrogen-bond donors (Lipinski definition) is 0. The third-order valence-corrected chi connectivity index (χ3v) is 5.85. The monoisotopic (exact) mass is 446 g/mol. The van der Waals surface area contributed by atoms with Gasteiger partial charge in [0.25, 0.3) is 0 Å². The second kappa shape index (κ2) is 7.68. The normalized spacial score (nSPS) is 18.4. The summed E-state index contributed by atoms with van der Waals surface area (Å²) < 4.78 is 51.9. The van der Waals surface area contributed by atoms with E-state index in [0.717, 1.165) is 29.0 Å². The molecule has 4 heterocycles. The van der Waals surface area contributed by atoms with Gasteiger partial charge in [0, 0.05) is 30.8 Å². The zero-order valence-electron chi connectivity index (χ0n) is 17.4. The minimum Gasteiger partial charge on any atom is -0.454 e. The van der Waals surface area contributed by atoms with Crippen molar-refractivity contribution in [3.05, 3.63) is 53.0 Å². The smallest absolute Gasteiger partial charge is 0.433 e. The van der Waals surface area contributed by atoms with Crippen molar-refractivity contribution in [1.29, 1.82) is 0 Å². The predicted octanol–water partition coefficient (Wildman–Crippen LogP) is 3.73. The third kappa shape index (κ3) is 3.85. The fourth-order valence-electron chi connectivity index (χ4n) is 4.30. The molecule has 1 amide bonds. The van der Waals surface area contributed by atoms with Crippen LogP contribution in [0.3, 0.4) is 0 Å². The molecule has 0 aliphatic carbocycles. The van der Waals surface area contributed by atoms with E-state index in [1.54, 1.807) is 23.1 Å². The van der Waals surface area contributed by atoms with Gasteiger partial charge in [-0.15, -0.1) is 0 Å². The molecule has 1 atom stereocenters. The number of carbonyl (C=O) groups is 1. The minimum atomic E-state index is -4.53. The Morgan fingerprint density at radius 3 is 2.81 bits per heavy atom. The highest BCUT2D eigenvalue weighted by Crippen LogP contribution is 2.34. The van der Waals surface area contributed by atoms with Crippen LogP contribution in [0, 0.1) is 6.92 Å². The summed E-state index contributed by atoms with van der Waals surface area (Å²) in [5, 5.41) is 4.23. The number of nitrogens with zero attached hydrogens (tertiary/aromatic N) is 4. The number of hydrogen-bond acceptors (Lipinski definition) is 5. The highest BCUT2D eigenvalue weighted by molar-refractivity contribution is 5.79. The zero-order chi connectivity index (χ0) is 22.5. The van der Waals surface area contributed by atoms with E-state index in [0.29, 0.717) is 30.3 Å². The van der Waals surface area contributed by atoms with Crippen LogP contribution < -0.4 is 9.47 Å². The van der Waals surface area contributed by atoms with Gasteiger partial charge in [-0.05, 0) is 43.5 Å². The maximum absolute atomic E-state index is 13.4. The van der Waals surface area contributed by atoms with E-state index in [9.17, 15) is 18.0 Å². The molecule has 10 heteroatoms. The van der Waals surface area contributed by atoms with Gasteiger partial charge >= 0.3 is 6.18 Å². The van der Waals surface area contributed by atoms with Crippen molar-refractivity contribution in [2.45, 2.75) is 38.3 Å². The maximum Gasteiger partial charge on any atom is 0.433 e. The van der Waals surface area contributed by atoms with Gasteiger partial charge in [0.15, 0.2) is 17.1 Å². The number of rotatable bonds is 3. The number of piperidine rings is 1. The van der Waals surface area contributed by atoms with Crippen molar-refractivity contribution in [1.82, 2.24) is 19.5 Å². The standard InChI is InChI=1S/C22H21F3N4O3/c1-13-7-19(22(23,24)25)29-20(26-13)10-16(27-29)15-3-2-6-28(11-15)21(30)9-14-4-5-17-18(8-14)32-12-31-17/h4-5,7-8,10,15H,2-3,6,9,11-12H2,1H3/t15-/m0/s1. The molecule has 2 aromatic heterocycles. The molecule has 0 spiro atoms. The first-order valence-electron chi connectivity index (χ1n) is 10.4. The molecule has 0 unspecified atom stereocenters. The number of aromatic nitrogens is 3. The average molecular weight is 446 g/mol. The lowest BCUT2D eigenvalue weighted by Gasteiger charge is -2.32. The van der Waals surface area contributed by atoms with Crippen LogP contribution in [0.15, 0.2) is 30.3 Å². The van der Waals surface area contributed by atoms with Crippen molar-refractivity contribution in [3.8, 4) is 11.5 Å². The van der Waals surface area contributed by atoms with Crippen molar-refractivity contribution < 1.29 is 27.4 Å². The molecule has 2 aliphatic rings. The summed E-state index contributed by atoms with van der Waals surface area (Å²) >= 11 is 0. The number of alkyl halides is 3. The van der Waals surface area contributed by atoms with E-state index < -0.39 is 11.9 Å². The van der Waals surface area contributed by atoms with Crippen LogP contribution in [0.1, 0.15) is 41.4 Å². The number of likely N-dealkylation sites (tertiary alicyclic amines) is 1. The second-order valence-corrected chi connectivity index (χ2v) is 8.16. The molecule has 0 radical (unpaired) electrons.